The fraction of sp³-hybridized carbons (Fsp3) is 0. The maximum Gasteiger partial charge on any atom is 0.336 e. The van der Waals surface area contributed by atoms with E-state index in [1.165, 1.54) is 6.07 Å². The number of hydrogen-bond acceptors (Lipinski definition) is 4. The molecule has 0 unspecified atom stereocenters. The first-order valence-corrected chi connectivity index (χ1v) is 9.09. The zero-order valence-corrected chi connectivity index (χ0v) is 16.3. The highest BCUT2D eigenvalue weighted by Gasteiger charge is 2.18. The maximum atomic E-state index is 12.6. The van der Waals surface area contributed by atoms with Crippen LogP contribution in [0.1, 0.15) is 31.1 Å². The van der Waals surface area contributed by atoms with E-state index in [0.29, 0.717) is 15.7 Å². The number of ether oxygens (including phenoxy) is 1. The van der Waals surface area contributed by atoms with Crippen molar-refractivity contribution in [3.05, 3.63) is 87.9 Å². The molecule has 0 radical (unpaired) electrons. The lowest BCUT2D eigenvalue weighted by Gasteiger charge is -2.13. The third kappa shape index (κ3) is 4.61. The van der Waals surface area contributed by atoms with Crippen molar-refractivity contribution < 1.29 is 29.3 Å². The van der Waals surface area contributed by atoms with E-state index in [0.717, 1.165) is 12.1 Å². The number of halogens is 1. The van der Waals surface area contributed by atoms with Gasteiger partial charge in [0.15, 0.2) is 5.75 Å². The molecule has 3 N–H and O–H groups in total. The number of carboxylic acid groups (broad SMARTS) is 2. The smallest absolute Gasteiger partial charge is 0.336 e. The van der Waals surface area contributed by atoms with Crippen LogP contribution in [0.2, 0.25) is 0 Å². The molecule has 0 aliphatic rings. The molecule has 146 valence electrons. The van der Waals surface area contributed by atoms with Gasteiger partial charge in [-0.2, -0.15) is 0 Å². The fourth-order valence-corrected chi connectivity index (χ4v) is 3.04. The second kappa shape index (κ2) is 8.57. The van der Waals surface area contributed by atoms with Gasteiger partial charge in [0.05, 0.1) is 22.4 Å². The van der Waals surface area contributed by atoms with E-state index < -0.39 is 17.5 Å². The van der Waals surface area contributed by atoms with Crippen LogP contribution in [0.5, 0.6) is 11.5 Å². The lowest BCUT2D eigenvalue weighted by atomic mass is 10.1. The van der Waals surface area contributed by atoms with E-state index in [1.54, 1.807) is 48.5 Å². The Kier molecular flexibility index (Phi) is 5.94. The van der Waals surface area contributed by atoms with Crippen LogP contribution in [0.25, 0.3) is 0 Å². The minimum atomic E-state index is -1.39. The third-order valence-corrected chi connectivity index (χ3v) is 4.62. The molecule has 0 fully saturated rings. The van der Waals surface area contributed by atoms with E-state index >= 15 is 0 Å². The van der Waals surface area contributed by atoms with Crippen LogP contribution in [0.3, 0.4) is 0 Å². The van der Waals surface area contributed by atoms with Crippen LogP contribution < -0.4 is 10.1 Å². The number of carboxylic acids is 2. The monoisotopic (exact) mass is 455 g/mol. The molecular formula is C21H14BrNO6. The van der Waals surface area contributed by atoms with Gasteiger partial charge < -0.3 is 20.3 Å². The molecule has 8 heteroatoms. The van der Waals surface area contributed by atoms with Gasteiger partial charge in [0.1, 0.15) is 5.75 Å². The summed E-state index contributed by atoms with van der Waals surface area (Å²) >= 11 is 3.33. The molecule has 0 spiro atoms. The van der Waals surface area contributed by atoms with Crippen molar-refractivity contribution in [1.82, 2.24) is 0 Å². The summed E-state index contributed by atoms with van der Waals surface area (Å²) in [5, 5.41) is 21.1. The quantitative estimate of drug-likeness (QED) is 0.487. The second-order valence-electron chi connectivity index (χ2n) is 5.85. The lowest BCUT2D eigenvalue weighted by Crippen LogP contribution is -2.13. The van der Waals surface area contributed by atoms with Gasteiger partial charge in [0, 0.05) is 4.47 Å². The predicted molar refractivity (Wildman–Crippen MR) is 109 cm³/mol. The molecule has 0 heterocycles. The molecule has 0 atom stereocenters. The number of carbonyl (C=O) groups is 3. The first kappa shape index (κ1) is 20.1. The molecule has 3 rings (SSSR count). The van der Waals surface area contributed by atoms with Crippen LogP contribution in [0.4, 0.5) is 5.69 Å². The van der Waals surface area contributed by atoms with E-state index in [2.05, 4.69) is 21.2 Å². The largest absolute Gasteiger partial charge is 0.478 e. The zero-order chi connectivity index (χ0) is 21.0. The molecule has 1 amide bonds. The number of hydrogen-bond donors (Lipinski definition) is 3. The van der Waals surface area contributed by atoms with Gasteiger partial charge in [-0.05, 0) is 58.4 Å². The summed E-state index contributed by atoms with van der Waals surface area (Å²) in [5.74, 6) is -2.71. The molecule has 3 aromatic rings. The summed E-state index contributed by atoms with van der Waals surface area (Å²) in [6, 6.07) is 17.2. The van der Waals surface area contributed by atoms with Gasteiger partial charge in [-0.3, -0.25) is 4.79 Å². The van der Waals surface area contributed by atoms with Gasteiger partial charge in [-0.25, -0.2) is 9.59 Å². The van der Waals surface area contributed by atoms with E-state index in [1.807, 2.05) is 0 Å². The zero-order valence-electron chi connectivity index (χ0n) is 14.8. The van der Waals surface area contributed by atoms with Crippen LogP contribution in [0.15, 0.2) is 71.2 Å². The Balaban J connectivity index is 1.89. The average molecular weight is 456 g/mol. The SMILES string of the molecule is O=C(Nc1ccccc1Oc1ccc(C(=O)O)c(C(=O)O)c1)c1ccccc1Br. The number of para-hydroxylation sites is 2. The summed E-state index contributed by atoms with van der Waals surface area (Å²) in [4.78, 5) is 35.1. The Morgan fingerprint density at radius 1 is 0.793 bits per heavy atom. The van der Waals surface area contributed by atoms with E-state index in [-0.39, 0.29) is 23.0 Å². The summed E-state index contributed by atoms with van der Waals surface area (Å²) in [5.41, 5.74) is 0.0545. The number of nitrogens with one attached hydrogen (secondary N) is 1. The number of anilines is 1. The summed E-state index contributed by atoms with van der Waals surface area (Å²) in [6.45, 7) is 0. The normalized spacial score (nSPS) is 10.2. The number of aromatic carboxylic acids is 2. The highest BCUT2D eigenvalue weighted by Crippen LogP contribution is 2.31. The van der Waals surface area contributed by atoms with Crippen molar-refractivity contribution in [2.75, 3.05) is 5.32 Å². The number of rotatable bonds is 6. The fourth-order valence-electron chi connectivity index (χ4n) is 2.57. The summed E-state index contributed by atoms with van der Waals surface area (Å²) in [7, 11) is 0. The molecule has 0 aromatic heterocycles. The maximum absolute atomic E-state index is 12.6. The minimum Gasteiger partial charge on any atom is -0.478 e. The summed E-state index contributed by atoms with van der Waals surface area (Å²) < 4.78 is 6.35. The van der Waals surface area contributed by atoms with Crippen LogP contribution in [-0.2, 0) is 0 Å². The molecule has 0 saturated carbocycles. The molecule has 0 bridgehead atoms. The second-order valence-corrected chi connectivity index (χ2v) is 6.70. The lowest BCUT2D eigenvalue weighted by molar-refractivity contribution is 0.0651. The van der Waals surface area contributed by atoms with Gasteiger partial charge in [-0.1, -0.05) is 24.3 Å². The molecular weight excluding hydrogens is 442 g/mol. The number of carbonyl (C=O) groups excluding carboxylic acids is 1. The minimum absolute atomic E-state index is 0.120. The van der Waals surface area contributed by atoms with Crippen molar-refractivity contribution in [2.45, 2.75) is 0 Å². The molecule has 0 aliphatic carbocycles. The van der Waals surface area contributed by atoms with Gasteiger partial charge >= 0.3 is 11.9 Å². The number of amides is 1. The Hall–Kier alpha value is -3.65. The van der Waals surface area contributed by atoms with E-state index in [4.69, 9.17) is 9.84 Å². The Bertz CT molecular complexity index is 1110. The van der Waals surface area contributed by atoms with Crippen molar-refractivity contribution in [3.8, 4) is 11.5 Å². The average Bonchev–Trinajstić information content (AvgIpc) is 2.69. The molecule has 0 saturated heterocycles. The van der Waals surface area contributed by atoms with E-state index in [9.17, 15) is 19.5 Å². The van der Waals surface area contributed by atoms with Crippen LogP contribution in [-0.4, -0.2) is 28.1 Å². The summed E-state index contributed by atoms with van der Waals surface area (Å²) in [6.07, 6.45) is 0. The first-order chi connectivity index (χ1) is 13.9. The highest BCUT2D eigenvalue weighted by molar-refractivity contribution is 9.10. The van der Waals surface area contributed by atoms with Crippen LogP contribution in [0, 0.1) is 0 Å². The molecule has 3 aromatic carbocycles. The topological polar surface area (TPSA) is 113 Å². The first-order valence-electron chi connectivity index (χ1n) is 8.30. The van der Waals surface area contributed by atoms with Crippen molar-refractivity contribution in [2.24, 2.45) is 0 Å². The van der Waals surface area contributed by atoms with Gasteiger partial charge in [0.25, 0.3) is 5.91 Å². The van der Waals surface area contributed by atoms with Crippen molar-refractivity contribution in [1.29, 1.82) is 0 Å². The molecule has 0 aliphatic heterocycles. The Labute approximate surface area is 173 Å². The predicted octanol–water partition coefficient (Wildman–Crippen LogP) is 4.89. The third-order valence-electron chi connectivity index (χ3n) is 3.93. The highest BCUT2D eigenvalue weighted by atomic mass is 79.9. The standard InChI is InChI=1S/C21H14BrNO6/c22-16-6-2-1-5-14(16)19(24)23-17-7-3-4-8-18(17)29-12-9-10-13(20(25)26)15(11-12)21(27)28/h1-11H,(H,23,24)(H,25,26)(H,27,28). The van der Waals surface area contributed by atoms with Gasteiger partial charge in [-0.15, -0.1) is 0 Å². The van der Waals surface area contributed by atoms with Crippen molar-refractivity contribution in [3.63, 3.8) is 0 Å². The van der Waals surface area contributed by atoms with Crippen LogP contribution >= 0.6 is 15.9 Å². The Morgan fingerprint density at radius 3 is 2.14 bits per heavy atom. The Morgan fingerprint density at radius 2 is 1.45 bits per heavy atom. The van der Waals surface area contributed by atoms with Crippen molar-refractivity contribution >= 4 is 39.5 Å². The molecule has 29 heavy (non-hydrogen) atoms. The number of benzene rings is 3. The molecule has 7 nitrogen and oxygen atoms in total. The van der Waals surface area contributed by atoms with Gasteiger partial charge in [0.2, 0.25) is 0 Å².